The van der Waals surface area contributed by atoms with Crippen molar-refractivity contribution in [1.82, 2.24) is 10.6 Å². The van der Waals surface area contributed by atoms with Crippen LogP contribution in [0.25, 0.3) is 0 Å². The SMILES string of the molecule is CCC1=CC=NC(CCO)(NC2(c3ccccc3OC)CC2)N1. The molecule has 23 heavy (non-hydrogen) atoms. The van der Waals surface area contributed by atoms with E-state index in [2.05, 4.69) is 28.6 Å². The predicted octanol–water partition coefficient (Wildman–Crippen LogP) is 2.28. The van der Waals surface area contributed by atoms with Crippen LogP contribution in [0.4, 0.5) is 0 Å². The Bertz CT molecular complexity index is 622. The second-order valence-electron chi connectivity index (χ2n) is 6.19. The van der Waals surface area contributed by atoms with E-state index < -0.39 is 5.79 Å². The largest absolute Gasteiger partial charge is 0.496 e. The first kappa shape index (κ1) is 16.0. The van der Waals surface area contributed by atoms with Crippen molar-refractivity contribution in [3.63, 3.8) is 0 Å². The average molecular weight is 315 g/mol. The van der Waals surface area contributed by atoms with Gasteiger partial charge in [-0.2, -0.15) is 0 Å². The normalized spacial score (nSPS) is 24.7. The molecule has 0 spiro atoms. The molecule has 1 aromatic carbocycles. The molecular formula is C18H25N3O2. The van der Waals surface area contributed by atoms with Gasteiger partial charge in [0.1, 0.15) is 5.75 Å². The first-order valence-corrected chi connectivity index (χ1v) is 8.23. The molecule has 1 unspecified atom stereocenters. The topological polar surface area (TPSA) is 65.9 Å². The molecule has 1 fully saturated rings. The number of benzene rings is 1. The van der Waals surface area contributed by atoms with Gasteiger partial charge in [0.05, 0.1) is 12.6 Å². The number of hydrogen-bond donors (Lipinski definition) is 3. The lowest BCUT2D eigenvalue weighted by molar-refractivity contribution is 0.169. The number of nitrogens with one attached hydrogen (secondary N) is 2. The van der Waals surface area contributed by atoms with Gasteiger partial charge in [-0.3, -0.25) is 10.3 Å². The molecule has 0 amide bonds. The molecule has 0 saturated heterocycles. The van der Waals surface area contributed by atoms with E-state index in [0.29, 0.717) is 6.42 Å². The molecule has 2 aliphatic rings. The van der Waals surface area contributed by atoms with Gasteiger partial charge < -0.3 is 15.2 Å². The van der Waals surface area contributed by atoms with Crippen LogP contribution < -0.4 is 15.4 Å². The van der Waals surface area contributed by atoms with E-state index in [4.69, 9.17) is 4.74 Å². The molecule has 3 rings (SSSR count). The number of rotatable bonds is 7. The molecule has 5 heteroatoms. The molecule has 5 nitrogen and oxygen atoms in total. The van der Waals surface area contributed by atoms with Gasteiger partial charge in [-0.15, -0.1) is 0 Å². The van der Waals surface area contributed by atoms with Crippen molar-refractivity contribution >= 4 is 6.21 Å². The van der Waals surface area contributed by atoms with Crippen LogP contribution in [-0.4, -0.2) is 30.8 Å². The van der Waals surface area contributed by atoms with E-state index in [1.54, 1.807) is 7.11 Å². The fourth-order valence-electron chi connectivity index (χ4n) is 3.24. The zero-order valence-corrected chi connectivity index (χ0v) is 13.8. The van der Waals surface area contributed by atoms with Crippen molar-refractivity contribution in [1.29, 1.82) is 0 Å². The number of allylic oxidation sites excluding steroid dienone is 2. The van der Waals surface area contributed by atoms with Gasteiger partial charge in [0.2, 0.25) is 0 Å². The number of nitrogens with zero attached hydrogens (tertiary/aromatic N) is 1. The highest BCUT2D eigenvalue weighted by atomic mass is 16.5. The third-order valence-electron chi connectivity index (χ3n) is 4.61. The van der Waals surface area contributed by atoms with Crippen LogP contribution in [0.2, 0.25) is 0 Å². The van der Waals surface area contributed by atoms with Crippen LogP contribution in [0.3, 0.4) is 0 Å². The summed E-state index contributed by atoms with van der Waals surface area (Å²) in [5.41, 5.74) is 2.13. The lowest BCUT2D eigenvalue weighted by Crippen LogP contribution is -2.60. The first-order chi connectivity index (χ1) is 11.2. The Hall–Kier alpha value is -1.85. The average Bonchev–Trinajstić information content (AvgIpc) is 3.35. The fraction of sp³-hybridized carbons (Fsp3) is 0.500. The minimum Gasteiger partial charge on any atom is -0.496 e. The number of aliphatic imine (C=N–C) groups is 1. The highest BCUT2D eigenvalue weighted by molar-refractivity contribution is 5.73. The molecule has 1 atom stereocenters. The number of aliphatic hydroxyl groups is 1. The highest BCUT2D eigenvalue weighted by Gasteiger charge is 2.51. The Kier molecular flexibility index (Phi) is 4.41. The highest BCUT2D eigenvalue weighted by Crippen LogP contribution is 2.50. The van der Waals surface area contributed by atoms with Crippen molar-refractivity contribution in [3.8, 4) is 5.75 Å². The number of methoxy groups -OCH3 is 1. The molecule has 1 heterocycles. The summed E-state index contributed by atoms with van der Waals surface area (Å²) in [6, 6.07) is 8.11. The predicted molar refractivity (Wildman–Crippen MR) is 91.5 cm³/mol. The molecule has 1 aromatic rings. The Morgan fingerprint density at radius 2 is 2.13 bits per heavy atom. The fourth-order valence-corrected chi connectivity index (χ4v) is 3.24. The maximum absolute atomic E-state index is 9.53. The molecular weight excluding hydrogens is 290 g/mol. The van der Waals surface area contributed by atoms with Crippen LogP contribution in [0.15, 0.2) is 41.0 Å². The molecule has 1 saturated carbocycles. The first-order valence-electron chi connectivity index (χ1n) is 8.23. The van der Waals surface area contributed by atoms with Crippen molar-refractivity contribution in [2.75, 3.05) is 13.7 Å². The molecule has 0 radical (unpaired) electrons. The van der Waals surface area contributed by atoms with Crippen LogP contribution in [0.1, 0.15) is 38.2 Å². The van der Waals surface area contributed by atoms with Crippen LogP contribution in [-0.2, 0) is 5.54 Å². The summed E-state index contributed by atoms with van der Waals surface area (Å²) in [5.74, 6) is 0.231. The van der Waals surface area contributed by atoms with Gasteiger partial charge in [0, 0.05) is 30.5 Å². The Balaban J connectivity index is 1.89. The monoisotopic (exact) mass is 315 g/mol. The molecule has 1 aliphatic carbocycles. The van der Waals surface area contributed by atoms with E-state index in [-0.39, 0.29) is 12.1 Å². The summed E-state index contributed by atoms with van der Waals surface area (Å²) in [6.45, 7) is 2.17. The third-order valence-corrected chi connectivity index (χ3v) is 4.61. The minimum atomic E-state index is -0.661. The van der Waals surface area contributed by atoms with Gasteiger partial charge >= 0.3 is 0 Å². The van der Waals surface area contributed by atoms with Crippen LogP contribution in [0.5, 0.6) is 5.75 Å². The van der Waals surface area contributed by atoms with Crippen molar-refractivity contribution in [2.24, 2.45) is 4.99 Å². The smallest absolute Gasteiger partial charge is 0.187 e. The lowest BCUT2D eigenvalue weighted by Gasteiger charge is -2.39. The summed E-state index contributed by atoms with van der Waals surface area (Å²) >= 11 is 0. The van der Waals surface area contributed by atoms with Crippen LogP contribution >= 0.6 is 0 Å². The van der Waals surface area contributed by atoms with Crippen molar-refractivity contribution in [3.05, 3.63) is 41.6 Å². The van der Waals surface area contributed by atoms with E-state index in [1.165, 1.54) is 0 Å². The number of aliphatic hydroxyl groups excluding tert-OH is 1. The maximum Gasteiger partial charge on any atom is 0.187 e. The van der Waals surface area contributed by atoms with E-state index in [1.807, 2.05) is 30.5 Å². The van der Waals surface area contributed by atoms with E-state index in [9.17, 15) is 5.11 Å². The van der Waals surface area contributed by atoms with Crippen molar-refractivity contribution < 1.29 is 9.84 Å². The van der Waals surface area contributed by atoms with Gasteiger partial charge in [0.15, 0.2) is 5.79 Å². The Morgan fingerprint density at radius 1 is 1.35 bits per heavy atom. The number of ether oxygens (including phenoxy) is 1. The second kappa shape index (κ2) is 6.34. The lowest BCUT2D eigenvalue weighted by atomic mass is 10.0. The molecule has 0 aromatic heterocycles. The molecule has 3 N–H and O–H groups in total. The Labute approximate surface area is 137 Å². The summed E-state index contributed by atoms with van der Waals surface area (Å²) in [7, 11) is 1.70. The van der Waals surface area contributed by atoms with Crippen LogP contribution in [0, 0.1) is 0 Å². The summed E-state index contributed by atoms with van der Waals surface area (Å²) in [5, 5.41) is 16.7. The Morgan fingerprint density at radius 3 is 2.78 bits per heavy atom. The standard InChI is InChI=1S/C18H25N3O2/c1-3-14-8-12-19-18(20-14,11-13-22)21-17(9-10-17)15-6-4-5-7-16(15)23-2/h4-8,12,20-22H,3,9-11,13H2,1-2H3. The maximum atomic E-state index is 9.53. The summed E-state index contributed by atoms with van der Waals surface area (Å²) in [6.07, 6.45) is 7.29. The minimum absolute atomic E-state index is 0.0658. The van der Waals surface area contributed by atoms with E-state index >= 15 is 0 Å². The van der Waals surface area contributed by atoms with Gasteiger partial charge in [-0.1, -0.05) is 25.1 Å². The van der Waals surface area contributed by atoms with Crippen molar-refractivity contribution in [2.45, 2.75) is 43.9 Å². The summed E-state index contributed by atoms with van der Waals surface area (Å²) in [4.78, 5) is 4.63. The molecule has 124 valence electrons. The second-order valence-corrected chi connectivity index (χ2v) is 6.19. The van der Waals surface area contributed by atoms with Gasteiger partial charge in [-0.25, -0.2) is 0 Å². The van der Waals surface area contributed by atoms with E-state index in [0.717, 1.165) is 36.3 Å². The third kappa shape index (κ3) is 3.12. The zero-order valence-electron chi connectivity index (χ0n) is 13.8. The number of hydrogen-bond acceptors (Lipinski definition) is 5. The zero-order chi connectivity index (χ0) is 16.3. The number of para-hydroxylation sites is 1. The molecule has 0 bridgehead atoms. The summed E-state index contributed by atoms with van der Waals surface area (Å²) < 4.78 is 5.54. The quantitative estimate of drug-likeness (QED) is 0.722. The molecule has 1 aliphatic heterocycles. The van der Waals surface area contributed by atoms with Gasteiger partial charge in [0.25, 0.3) is 0 Å². The van der Waals surface area contributed by atoms with Gasteiger partial charge in [-0.05, 0) is 31.4 Å².